The average Bonchev–Trinajstić information content (AvgIpc) is 3.33. The number of nitrogens with one attached hydrogen (secondary N) is 1. The molecular formula is C24H33N3O3. The van der Waals surface area contributed by atoms with Crippen LogP contribution in [-0.4, -0.2) is 41.4 Å². The van der Waals surface area contributed by atoms with Gasteiger partial charge in [-0.25, -0.2) is 0 Å². The number of ether oxygens (including phenoxy) is 1. The van der Waals surface area contributed by atoms with Crippen LogP contribution < -0.4 is 10.5 Å². The maximum absolute atomic E-state index is 12.5. The Balaban J connectivity index is 1.24. The van der Waals surface area contributed by atoms with E-state index in [1.165, 1.54) is 10.5 Å². The molecule has 30 heavy (non-hydrogen) atoms. The van der Waals surface area contributed by atoms with Gasteiger partial charge in [0, 0.05) is 42.5 Å². The van der Waals surface area contributed by atoms with E-state index in [0.717, 1.165) is 68.0 Å². The molecule has 0 bridgehead atoms. The second-order valence-corrected chi connectivity index (χ2v) is 9.19. The first-order chi connectivity index (χ1) is 14.5. The van der Waals surface area contributed by atoms with Crippen molar-refractivity contribution in [3.8, 4) is 5.75 Å². The zero-order valence-corrected chi connectivity index (χ0v) is 17.9. The molecule has 1 aromatic heterocycles. The summed E-state index contributed by atoms with van der Waals surface area (Å²) in [5.74, 6) is 0.905. The standard InChI is InChI=1S/C24H33N3O3/c1-30-19-7-8-21-20(13-19)17(16-26-21)12-18(25)6-2-5-11-27-22(28)14-24(15-23(27)29)9-3-4-10-24/h7-8,13,16,18,26H,2-6,9-12,14-15,25H2,1H3. The number of unbranched alkanes of at least 4 members (excludes halogenated alkanes) is 1. The molecule has 2 aliphatic rings. The minimum Gasteiger partial charge on any atom is -0.497 e. The van der Waals surface area contributed by atoms with Crippen molar-refractivity contribution in [1.29, 1.82) is 0 Å². The molecule has 2 aromatic rings. The number of rotatable bonds is 8. The third-order valence-corrected chi connectivity index (χ3v) is 6.98. The number of methoxy groups -OCH3 is 1. The average molecular weight is 412 g/mol. The number of imide groups is 1. The Labute approximate surface area is 178 Å². The number of fused-ring (bicyclic) bond motifs is 1. The minimum absolute atomic E-state index is 0.0188. The summed E-state index contributed by atoms with van der Waals surface area (Å²) in [5.41, 5.74) is 8.65. The van der Waals surface area contributed by atoms with Crippen LogP contribution in [0, 0.1) is 5.41 Å². The number of carbonyl (C=O) groups is 2. The molecule has 1 aliphatic carbocycles. The third-order valence-electron chi connectivity index (χ3n) is 6.98. The van der Waals surface area contributed by atoms with E-state index in [1.807, 2.05) is 24.4 Å². The van der Waals surface area contributed by atoms with Gasteiger partial charge in [0.25, 0.3) is 0 Å². The Hall–Kier alpha value is -2.34. The lowest BCUT2D eigenvalue weighted by molar-refractivity contribution is -0.153. The largest absolute Gasteiger partial charge is 0.497 e. The van der Waals surface area contributed by atoms with Crippen molar-refractivity contribution in [1.82, 2.24) is 9.88 Å². The second kappa shape index (κ2) is 8.80. The van der Waals surface area contributed by atoms with Crippen LogP contribution in [0.2, 0.25) is 0 Å². The fourth-order valence-electron chi connectivity index (χ4n) is 5.28. The molecule has 1 aromatic carbocycles. The van der Waals surface area contributed by atoms with Gasteiger partial charge in [0.15, 0.2) is 0 Å². The van der Waals surface area contributed by atoms with E-state index in [1.54, 1.807) is 7.11 Å². The van der Waals surface area contributed by atoms with Crippen molar-refractivity contribution in [2.75, 3.05) is 13.7 Å². The number of nitrogens with two attached hydrogens (primary N) is 1. The van der Waals surface area contributed by atoms with Crippen LogP contribution >= 0.6 is 0 Å². The molecular weight excluding hydrogens is 378 g/mol. The molecule has 1 atom stereocenters. The number of hydrogen-bond acceptors (Lipinski definition) is 4. The SMILES string of the molecule is COc1ccc2[nH]cc(CC(N)CCCCN3C(=O)CC4(CCCC4)CC3=O)c2c1. The summed E-state index contributed by atoms with van der Waals surface area (Å²) in [4.78, 5) is 29.9. The van der Waals surface area contributed by atoms with Crippen molar-refractivity contribution in [3.63, 3.8) is 0 Å². The zero-order chi connectivity index (χ0) is 21.1. The van der Waals surface area contributed by atoms with Crippen LogP contribution in [-0.2, 0) is 16.0 Å². The summed E-state index contributed by atoms with van der Waals surface area (Å²) in [7, 11) is 1.67. The highest BCUT2D eigenvalue weighted by Gasteiger charge is 2.44. The van der Waals surface area contributed by atoms with Crippen LogP contribution in [0.1, 0.15) is 63.4 Å². The fraction of sp³-hybridized carbons (Fsp3) is 0.583. The van der Waals surface area contributed by atoms with Crippen molar-refractivity contribution in [2.24, 2.45) is 11.1 Å². The molecule has 1 unspecified atom stereocenters. The van der Waals surface area contributed by atoms with Gasteiger partial charge in [-0.3, -0.25) is 14.5 Å². The third kappa shape index (κ3) is 4.38. The molecule has 1 saturated heterocycles. The van der Waals surface area contributed by atoms with Gasteiger partial charge in [0.05, 0.1) is 7.11 Å². The predicted octanol–water partition coefficient (Wildman–Crippen LogP) is 3.93. The molecule has 6 nitrogen and oxygen atoms in total. The monoisotopic (exact) mass is 411 g/mol. The number of benzene rings is 1. The molecule has 3 N–H and O–H groups in total. The van der Waals surface area contributed by atoms with E-state index < -0.39 is 0 Å². The number of carbonyl (C=O) groups excluding carboxylic acids is 2. The Morgan fingerprint density at radius 3 is 2.60 bits per heavy atom. The molecule has 0 radical (unpaired) electrons. The Bertz CT molecular complexity index is 894. The number of amides is 2. The number of aromatic amines is 1. The first-order valence-corrected chi connectivity index (χ1v) is 11.2. The second-order valence-electron chi connectivity index (χ2n) is 9.19. The molecule has 4 rings (SSSR count). The summed E-state index contributed by atoms with van der Waals surface area (Å²) in [6.45, 7) is 0.532. The van der Waals surface area contributed by atoms with Gasteiger partial charge < -0.3 is 15.5 Å². The summed E-state index contributed by atoms with van der Waals surface area (Å²) in [6, 6.07) is 6.05. The van der Waals surface area contributed by atoms with Crippen molar-refractivity contribution in [3.05, 3.63) is 30.0 Å². The van der Waals surface area contributed by atoms with Gasteiger partial charge in [-0.05, 0) is 61.3 Å². The lowest BCUT2D eigenvalue weighted by Crippen LogP contribution is -2.47. The first kappa shape index (κ1) is 20.9. The highest BCUT2D eigenvalue weighted by Crippen LogP contribution is 2.46. The smallest absolute Gasteiger partial charge is 0.229 e. The van der Waals surface area contributed by atoms with E-state index in [2.05, 4.69) is 4.98 Å². The van der Waals surface area contributed by atoms with E-state index >= 15 is 0 Å². The van der Waals surface area contributed by atoms with Crippen LogP contribution in [0.4, 0.5) is 0 Å². The zero-order valence-electron chi connectivity index (χ0n) is 17.9. The van der Waals surface area contributed by atoms with Crippen molar-refractivity contribution >= 4 is 22.7 Å². The predicted molar refractivity (Wildman–Crippen MR) is 117 cm³/mol. The van der Waals surface area contributed by atoms with Crippen molar-refractivity contribution < 1.29 is 14.3 Å². The number of aromatic nitrogens is 1. The Morgan fingerprint density at radius 1 is 1.17 bits per heavy atom. The number of hydrogen-bond donors (Lipinski definition) is 2. The van der Waals surface area contributed by atoms with Gasteiger partial charge >= 0.3 is 0 Å². The topological polar surface area (TPSA) is 88.4 Å². The van der Waals surface area contributed by atoms with Gasteiger partial charge in [0.1, 0.15) is 5.75 Å². The number of piperidine rings is 1. The number of H-pyrrole nitrogens is 1. The minimum atomic E-state index is -0.0188. The van der Waals surface area contributed by atoms with Crippen molar-refractivity contribution in [2.45, 2.75) is 70.3 Å². The van der Waals surface area contributed by atoms with E-state index in [4.69, 9.17) is 10.5 Å². The molecule has 1 saturated carbocycles. The number of likely N-dealkylation sites (tertiary alicyclic amines) is 1. The first-order valence-electron chi connectivity index (χ1n) is 11.2. The summed E-state index contributed by atoms with van der Waals surface area (Å²) >= 11 is 0. The Kier molecular flexibility index (Phi) is 6.14. The van der Waals surface area contributed by atoms with E-state index in [9.17, 15) is 9.59 Å². The molecule has 1 aliphatic heterocycles. The lowest BCUT2D eigenvalue weighted by Gasteiger charge is -2.37. The van der Waals surface area contributed by atoms with Crippen LogP contribution in [0.25, 0.3) is 10.9 Å². The molecule has 2 heterocycles. The molecule has 2 fully saturated rings. The maximum Gasteiger partial charge on any atom is 0.229 e. The van der Waals surface area contributed by atoms with E-state index in [-0.39, 0.29) is 23.3 Å². The Morgan fingerprint density at radius 2 is 1.90 bits per heavy atom. The molecule has 1 spiro atoms. The molecule has 2 amide bonds. The fourth-order valence-corrected chi connectivity index (χ4v) is 5.28. The van der Waals surface area contributed by atoms with Gasteiger partial charge in [-0.2, -0.15) is 0 Å². The van der Waals surface area contributed by atoms with E-state index in [0.29, 0.717) is 19.4 Å². The van der Waals surface area contributed by atoms with Gasteiger partial charge in [-0.15, -0.1) is 0 Å². The summed E-state index contributed by atoms with van der Waals surface area (Å²) < 4.78 is 5.33. The lowest BCUT2D eigenvalue weighted by atomic mass is 9.76. The van der Waals surface area contributed by atoms with Crippen LogP contribution in [0.5, 0.6) is 5.75 Å². The van der Waals surface area contributed by atoms with Crippen LogP contribution in [0.3, 0.4) is 0 Å². The highest BCUT2D eigenvalue weighted by molar-refractivity contribution is 5.98. The van der Waals surface area contributed by atoms with Gasteiger partial charge in [-0.1, -0.05) is 19.3 Å². The number of nitrogens with zero attached hydrogens (tertiary/aromatic N) is 1. The summed E-state index contributed by atoms with van der Waals surface area (Å²) in [5, 5.41) is 1.15. The quantitative estimate of drug-likeness (QED) is 0.509. The van der Waals surface area contributed by atoms with Gasteiger partial charge in [0.2, 0.25) is 11.8 Å². The normalized spacial score (nSPS) is 19.7. The molecule has 162 valence electrons. The summed E-state index contributed by atoms with van der Waals surface area (Å²) in [6.07, 6.45) is 10.9. The molecule has 6 heteroatoms. The van der Waals surface area contributed by atoms with Crippen LogP contribution in [0.15, 0.2) is 24.4 Å². The maximum atomic E-state index is 12.5. The highest BCUT2D eigenvalue weighted by atomic mass is 16.5.